The first kappa shape index (κ1) is 19.7. The van der Waals surface area contributed by atoms with E-state index in [1.54, 1.807) is 0 Å². The highest BCUT2D eigenvalue weighted by Gasteiger charge is 2.21. The summed E-state index contributed by atoms with van der Waals surface area (Å²) in [7, 11) is 3.02. The number of rotatable bonds is 4. The summed E-state index contributed by atoms with van der Waals surface area (Å²) in [4.78, 5) is 25.1. The molecular formula is C16H24F2N4O2. The monoisotopic (exact) mass is 342 g/mol. The maximum Gasteiger partial charge on any atom is 0.319 e. The van der Waals surface area contributed by atoms with E-state index in [1.807, 2.05) is 20.8 Å². The van der Waals surface area contributed by atoms with Gasteiger partial charge < -0.3 is 20.9 Å². The van der Waals surface area contributed by atoms with Gasteiger partial charge in [-0.05, 0) is 39.8 Å². The first-order chi connectivity index (χ1) is 10.9. The number of nitrogens with zero attached hydrogens (tertiary/aromatic N) is 1. The SMILES string of the molecule is CC(NC(=O)Nc1cc(F)c(N(C)C)c(F)c1)C(=O)NC(C)(C)C. The van der Waals surface area contributed by atoms with Crippen LogP contribution in [0.15, 0.2) is 12.1 Å². The molecule has 0 spiro atoms. The van der Waals surface area contributed by atoms with Crippen LogP contribution in [0, 0.1) is 11.6 Å². The van der Waals surface area contributed by atoms with E-state index in [2.05, 4.69) is 16.0 Å². The van der Waals surface area contributed by atoms with Crippen LogP contribution >= 0.6 is 0 Å². The third-order valence-corrected chi connectivity index (χ3v) is 2.96. The Kier molecular flexibility index (Phi) is 6.11. The van der Waals surface area contributed by atoms with E-state index in [4.69, 9.17) is 0 Å². The minimum Gasteiger partial charge on any atom is -0.373 e. The van der Waals surface area contributed by atoms with Gasteiger partial charge in [-0.2, -0.15) is 0 Å². The molecule has 0 aliphatic heterocycles. The lowest BCUT2D eigenvalue weighted by molar-refractivity contribution is -0.123. The molecule has 6 nitrogen and oxygen atoms in total. The normalized spacial score (nSPS) is 12.3. The number of carbonyl (C=O) groups excluding carboxylic acids is 2. The lowest BCUT2D eigenvalue weighted by atomic mass is 10.1. The van der Waals surface area contributed by atoms with Crippen molar-refractivity contribution in [3.8, 4) is 0 Å². The number of amides is 3. The summed E-state index contributed by atoms with van der Waals surface area (Å²) in [6.45, 7) is 6.96. The van der Waals surface area contributed by atoms with Gasteiger partial charge >= 0.3 is 6.03 Å². The zero-order valence-electron chi connectivity index (χ0n) is 14.8. The van der Waals surface area contributed by atoms with Gasteiger partial charge in [-0.3, -0.25) is 4.79 Å². The smallest absolute Gasteiger partial charge is 0.319 e. The van der Waals surface area contributed by atoms with Crippen LogP contribution in [0.2, 0.25) is 0 Å². The molecule has 0 heterocycles. The largest absolute Gasteiger partial charge is 0.373 e. The summed E-state index contributed by atoms with van der Waals surface area (Å²) in [5.74, 6) is -1.96. The molecule has 1 rings (SSSR count). The molecule has 0 bridgehead atoms. The van der Waals surface area contributed by atoms with Crippen molar-refractivity contribution in [2.45, 2.75) is 39.3 Å². The number of hydrogen-bond acceptors (Lipinski definition) is 3. The molecule has 0 aliphatic carbocycles. The Morgan fingerprint density at radius 3 is 2.04 bits per heavy atom. The molecule has 1 aromatic carbocycles. The van der Waals surface area contributed by atoms with Crippen LogP contribution in [0.1, 0.15) is 27.7 Å². The highest BCUT2D eigenvalue weighted by atomic mass is 19.1. The molecule has 3 amide bonds. The van der Waals surface area contributed by atoms with E-state index in [1.165, 1.54) is 25.9 Å². The van der Waals surface area contributed by atoms with Gasteiger partial charge in [-0.15, -0.1) is 0 Å². The Hall–Kier alpha value is -2.38. The summed E-state index contributed by atoms with van der Waals surface area (Å²) in [6.07, 6.45) is 0. The van der Waals surface area contributed by atoms with E-state index < -0.39 is 29.2 Å². The Balaban J connectivity index is 2.74. The third-order valence-electron chi connectivity index (χ3n) is 2.96. The maximum atomic E-state index is 13.9. The van der Waals surface area contributed by atoms with Gasteiger partial charge in [0.05, 0.1) is 0 Å². The molecule has 134 valence electrons. The van der Waals surface area contributed by atoms with Crippen molar-refractivity contribution in [2.24, 2.45) is 0 Å². The second-order valence-corrected chi connectivity index (χ2v) is 6.74. The average molecular weight is 342 g/mol. The van der Waals surface area contributed by atoms with Crippen molar-refractivity contribution < 1.29 is 18.4 Å². The van der Waals surface area contributed by atoms with Crippen molar-refractivity contribution >= 4 is 23.3 Å². The van der Waals surface area contributed by atoms with E-state index in [0.717, 1.165) is 12.1 Å². The quantitative estimate of drug-likeness (QED) is 0.787. The lowest BCUT2D eigenvalue weighted by Crippen LogP contribution is -2.51. The van der Waals surface area contributed by atoms with Crippen LogP contribution < -0.4 is 20.9 Å². The molecule has 1 atom stereocenters. The Bertz CT molecular complexity index is 604. The fourth-order valence-corrected chi connectivity index (χ4v) is 1.97. The molecule has 24 heavy (non-hydrogen) atoms. The zero-order chi connectivity index (χ0) is 18.7. The van der Waals surface area contributed by atoms with E-state index in [9.17, 15) is 18.4 Å². The van der Waals surface area contributed by atoms with E-state index in [0.29, 0.717) is 0 Å². The van der Waals surface area contributed by atoms with Crippen LogP contribution in [0.4, 0.5) is 25.0 Å². The average Bonchev–Trinajstić information content (AvgIpc) is 2.34. The Morgan fingerprint density at radius 2 is 1.62 bits per heavy atom. The van der Waals surface area contributed by atoms with Crippen molar-refractivity contribution in [2.75, 3.05) is 24.3 Å². The standard InChI is InChI=1S/C16H24F2N4O2/c1-9(14(23)21-16(2,3)4)19-15(24)20-10-7-11(17)13(22(5)6)12(18)8-10/h7-9H,1-6H3,(H,21,23)(H2,19,20,24). The molecule has 8 heteroatoms. The van der Waals surface area contributed by atoms with E-state index in [-0.39, 0.29) is 17.3 Å². The highest BCUT2D eigenvalue weighted by Crippen LogP contribution is 2.25. The molecule has 0 aliphatic rings. The Morgan fingerprint density at radius 1 is 1.12 bits per heavy atom. The zero-order valence-corrected chi connectivity index (χ0v) is 14.8. The van der Waals surface area contributed by atoms with Crippen LogP contribution in [0.3, 0.4) is 0 Å². The van der Waals surface area contributed by atoms with Crippen LogP contribution in [-0.2, 0) is 4.79 Å². The maximum absolute atomic E-state index is 13.9. The molecule has 1 aromatic rings. The number of hydrogen-bond donors (Lipinski definition) is 3. The summed E-state index contributed by atoms with van der Waals surface area (Å²) in [6, 6.07) is 0.485. The Labute approximate surface area is 140 Å². The molecule has 3 N–H and O–H groups in total. The molecule has 0 saturated carbocycles. The number of halogens is 2. The highest BCUT2D eigenvalue weighted by molar-refractivity contribution is 5.93. The van der Waals surface area contributed by atoms with Crippen molar-refractivity contribution in [1.29, 1.82) is 0 Å². The number of urea groups is 1. The predicted octanol–water partition coefficient (Wildman–Crippen LogP) is 2.46. The minimum absolute atomic E-state index is 0.0449. The van der Waals surface area contributed by atoms with Gasteiger partial charge in [0.15, 0.2) is 11.6 Å². The molecular weight excluding hydrogens is 318 g/mol. The van der Waals surface area contributed by atoms with Crippen molar-refractivity contribution in [3.05, 3.63) is 23.8 Å². The number of anilines is 2. The minimum atomic E-state index is -0.806. The summed E-state index contributed by atoms with van der Waals surface area (Å²) in [5, 5.41) is 7.44. The fraction of sp³-hybridized carbons (Fsp3) is 0.500. The van der Waals surface area contributed by atoms with Crippen LogP contribution in [-0.4, -0.2) is 37.6 Å². The van der Waals surface area contributed by atoms with Crippen molar-refractivity contribution in [1.82, 2.24) is 10.6 Å². The van der Waals surface area contributed by atoms with Gasteiger partial charge in [-0.25, -0.2) is 13.6 Å². The van der Waals surface area contributed by atoms with Crippen molar-refractivity contribution in [3.63, 3.8) is 0 Å². The van der Waals surface area contributed by atoms with Gasteiger partial charge in [0.1, 0.15) is 11.7 Å². The third kappa shape index (κ3) is 5.68. The number of carbonyl (C=O) groups is 2. The molecule has 0 radical (unpaired) electrons. The first-order valence-corrected chi connectivity index (χ1v) is 7.46. The molecule has 0 fully saturated rings. The second kappa shape index (κ2) is 7.46. The molecule has 0 saturated heterocycles. The second-order valence-electron chi connectivity index (χ2n) is 6.74. The number of benzene rings is 1. The van der Waals surface area contributed by atoms with Gasteiger partial charge in [-0.1, -0.05) is 0 Å². The lowest BCUT2D eigenvalue weighted by Gasteiger charge is -2.23. The number of nitrogens with one attached hydrogen (secondary N) is 3. The summed E-state index contributed by atoms with van der Waals surface area (Å²) < 4.78 is 27.7. The fourth-order valence-electron chi connectivity index (χ4n) is 1.97. The summed E-state index contributed by atoms with van der Waals surface area (Å²) in [5.41, 5.74) is -0.673. The van der Waals surface area contributed by atoms with Gasteiger partial charge in [0, 0.05) is 25.3 Å². The summed E-state index contributed by atoms with van der Waals surface area (Å²) >= 11 is 0. The van der Waals surface area contributed by atoms with E-state index >= 15 is 0 Å². The van der Waals surface area contributed by atoms with Gasteiger partial charge in [0.2, 0.25) is 5.91 Å². The van der Waals surface area contributed by atoms with Crippen LogP contribution in [0.25, 0.3) is 0 Å². The predicted molar refractivity (Wildman–Crippen MR) is 90.2 cm³/mol. The molecule has 1 unspecified atom stereocenters. The van der Waals surface area contributed by atoms with Gasteiger partial charge in [0.25, 0.3) is 0 Å². The molecule has 0 aromatic heterocycles. The van der Waals surface area contributed by atoms with Crippen LogP contribution in [0.5, 0.6) is 0 Å². The first-order valence-electron chi connectivity index (χ1n) is 7.46. The topological polar surface area (TPSA) is 73.5 Å².